The molecule has 0 saturated carbocycles. The average Bonchev–Trinajstić information content (AvgIpc) is 2.99. The number of hydrogen-bond donors (Lipinski definition) is 1. The molecule has 1 aliphatic heterocycles. The van der Waals surface area contributed by atoms with Crippen LogP contribution in [0.3, 0.4) is 0 Å². The lowest BCUT2D eigenvalue weighted by Crippen LogP contribution is -2.24. The predicted molar refractivity (Wildman–Crippen MR) is 81.9 cm³/mol. The van der Waals surface area contributed by atoms with Crippen molar-refractivity contribution < 1.29 is 0 Å². The van der Waals surface area contributed by atoms with Crippen molar-refractivity contribution in [1.82, 2.24) is 14.7 Å². The van der Waals surface area contributed by atoms with Crippen LogP contribution < -0.4 is 10.2 Å². The number of hydrogen-bond acceptors (Lipinski definition) is 3. The Kier molecular flexibility index (Phi) is 3.50. The third-order valence-electron chi connectivity index (χ3n) is 3.76. The molecule has 1 fully saturated rings. The van der Waals surface area contributed by atoms with Gasteiger partial charge in [-0.3, -0.25) is 0 Å². The van der Waals surface area contributed by atoms with Crippen LogP contribution in [0.15, 0.2) is 22.9 Å². The summed E-state index contributed by atoms with van der Waals surface area (Å²) in [5.74, 6) is 1.13. The SMILES string of the molecule is CN(C)c1ccn2c(CC3CCCN3)nc(Br)c2c1. The lowest BCUT2D eigenvalue weighted by molar-refractivity contribution is 0.584. The zero-order valence-electron chi connectivity index (χ0n) is 11.4. The van der Waals surface area contributed by atoms with E-state index in [2.05, 4.69) is 68.0 Å². The molecule has 4 nitrogen and oxygen atoms in total. The Morgan fingerprint density at radius 3 is 3.05 bits per heavy atom. The molecule has 1 unspecified atom stereocenters. The Hall–Kier alpha value is -1.07. The summed E-state index contributed by atoms with van der Waals surface area (Å²) in [5, 5.41) is 3.53. The highest BCUT2D eigenvalue weighted by molar-refractivity contribution is 9.10. The number of imidazole rings is 1. The fourth-order valence-corrected chi connectivity index (χ4v) is 3.18. The molecule has 1 aliphatic rings. The highest BCUT2D eigenvalue weighted by Crippen LogP contribution is 2.24. The first kappa shape index (κ1) is 12.9. The van der Waals surface area contributed by atoms with Crippen molar-refractivity contribution in [3.63, 3.8) is 0 Å². The van der Waals surface area contributed by atoms with Crippen molar-refractivity contribution in [3.8, 4) is 0 Å². The summed E-state index contributed by atoms with van der Waals surface area (Å²) in [6.45, 7) is 1.14. The van der Waals surface area contributed by atoms with Crippen LogP contribution in [0.1, 0.15) is 18.7 Å². The van der Waals surface area contributed by atoms with E-state index in [-0.39, 0.29) is 0 Å². The molecule has 3 heterocycles. The number of nitrogens with one attached hydrogen (secondary N) is 1. The summed E-state index contributed by atoms with van der Waals surface area (Å²) >= 11 is 3.58. The molecule has 5 heteroatoms. The summed E-state index contributed by atoms with van der Waals surface area (Å²) in [4.78, 5) is 6.78. The molecule has 0 amide bonds. The van der Waals surface area contributed by atoms with Gasteiger partial charge in [-0.1, -0.05) is 0 Å². The fraction of sp³-hybridized carbons (Fsp3) is 0.500. The van der Waals surface area contributed by atoms with E-state index < -0.39 is 0 Å². The van der Waals surface area contributed by atoms with Crippen LogP contribution >= 0.6 is 15.9 Å². The number of anilines is 1. The Balaban J connectivity index is 1.97. The van der Waals surface area contributed by atoms with Gasteiger partial charge < -0.3 is 14.6 Å². The molecule has 1 saturated heterocycles. The topological polar surface area (TPSA) is 32.6 Å². The first-order valence-corrected chi connectivity index (χ1v) is 7.51. The Morgan fingerprint density at radius 2 is 2.37 bits per heavy atom. The normalized spacial score (nSPS) is 19.2. The van der Waals surface area contributed by atoms with E-state index in [4.69, 9.17) is 0 Å². The highest BCUT2D eigenvalue weighted by atomic mass is 79.9. The largest absolute Gasteiger partial charge is 0.378 e. The zero-order valence-corrected chi connectivity index (χ0v) is 12.9. The number of nitrogens with zero attached hydrogens (tertiary/aromatic N) is 3. The quantitative estimate of drug-likeness (QED) is 0.942. The monoisotopic (exact) mass is 322 g/mol. The fourth-order valence-electron chi connectivity index (χ4n) is 2.67. The van der Waals surface area contributed by atoms with E-state index >= 15 is 0 Å². The summed E-state index contributed by atoms with van der Waals surface area (Å²) in [6, 6.07) is 4.88. The second kappa shape index (κ2) is 5.13. The second-order valence-electron chi connectivity index (χ2n) is 5.35. The molecule has 102 valence electrons. The maximum absolute atomic E-state index is 4.67. The molecule has 19 heavy (non-hydrogen) atoms. The van der Waals surface area contributed by atoms with Gasteiger partial charge in [0.25, 0.3) is 0 Å². The lowest BCUT2D eigenvalue weighted by Gasteiger charge is -2.13. The zero-order chi connectivity index (χ0) is 13.4. The number of rotatable bonds is 3. The summed E-state index contributed by atoms with van der Waals surface area (Å²) in [5.41, 5.74) is 2.33. The molecule has 1 N–H and O–H groups in total. The third-order valence-corrected chi connectivity index (χ3v) is 4.35. The van der Waals surface area contributed by atoms with Gasteiger partial charge >= 0.3 is 0 Å². The van der Waals surface area contributed by atoms with E-state index in [1.807, 2.05) is 0 Å². The number of fused-ring (bicyclic) bond motifs is 1. The van der Waals surface area contributed by atoms with Crippen molar-refractivity contribution in [1.29, 1.82) is 0 Å². The molecule has 0 aliphatic carbocycles. The molecular formula is C14H19BrN4. The Labute approximate surface area is 121 Å². The summed E-state index contributed by atoms with van der Waals surface area (Å²) in [6.07, 6.45) is 5.64. The molecule has 2 aromatic rings. The predicted octanol–water partition coefficient (Wildman–Crippen LogP) is 2.46. The van der Waals surface area contributed by atoms with Crippen LogP contribution in [0, 0.1) is 0 Å². The smallest absolute Gasteiger partial charge is 0.132 e. The number of halogens is 1. The van der Waals surface area contributed by atoms with E-state index in [1.165, 1.54) is 18.5 Å². The maximum atomic E-state index is 4.67. The number of aromatic nitrogens is 2. The molecule has 0 aromatic carbocycles. The molecule has 3 rings (SSSR count). The number of pyridine rings is 1. The van der Waals surface area contributed by atoms with Gasteiger partial charge in [-0.25, -0.2) is 4.98 Å². The first-order valence-electron chi connectivity index (χ1n) is 6.72. The van der Waals surface area contributed by atoms with Crippen LogP contribution in [0.2, 0.25) is 0 Å². The van der Waals surface area contributed by atoms with E-state index in [0.29, 0.717) is 6.04 Å². The summed E-state index contributed by atoms with van der Waals surface area (Å²) in [7, 11) is 4.11. The van der Waals surface area contributed by atoms with Gasteiger partial charge in [0.05, 0.1) is 5.52 Å². The van der Waals surface area contributed by atoms with Crippen molar-refractivity contribution in [2.24, 2.45) is 0 Å². The van der Waals surface area contributed by atoms with Crippen LogP contribution in [0.25, 0.3) is 5.52 Å². The van der Waals surface area contributed by atoms with Gasteiger partial charge in [0.2, 0.25) is 0 Å². The van der Waals surface area contributed by atoms with Gasteiger partial charge in [-0.2, -0.15) is 0 Å². The minimum absolute atomic E-state index is 0.575. The van der Waals surface area contributed by atoms with Crippen LogP contribution in [0.4, 0.5) is 5.69 Å². The Bertz CT molecular complexity index is 584. The van der Waals surface area contributed by atoms with Crippen molar-refractivity contribution in [3.05, 3.63) is 28.8 Å². The van der Waals surface area contributed by atoms with Gasteiger partial charge in [-0.05, 0) is 47.4 Å². The van der Waals surface area contributed by atoms with Crippen LogP contribution in [-0.2, 0) is 6.42 Å². The molecular weight excluding hydrogens is 304 g/mol. The standard InChI is InChI=1S/C14H19BrN4/c1-18(2)11-5-7-19-12(9-11)14(15)17-13(19)8-10-4-3-6-16-10/h5,7,9-10,16H,3-4,6,8H2,1-2H3. The van der Waals surface area contributed by atoms with Gasteiger partial charge in [0.1, 0.15) is 10.4 Å². The van der Waals surface area contributed by atoms with Crippen LogP contribution in [0.5, 0.6) is 0 Å². The van der Waals surface area contributed by atoms with Crippen molar-refractivity contribution in [2.45, 2.75) is 25.3 Å². The van der Waals surface area contributed by atoms with Gasteiger partial charge in [0.15, 0.2) is 0 Å². The molecule has 1 atom stereocenters. The second-order valence-corrected chi connectivity index (χ2v) is 6.10. The molecule has 0 bridgehead atoms. The van der Waals surface area contributed by atoms with Gasteiger partial charge in [-0.15, -0.1) is 0 Å². The maximum Gasteiger partial charge on any atom is 0.132 e. The highest BCUT2D eigenvalue weighted by Gasteiger charge is 2.18. The average molecular weight is 323 g/mol. The van der Waals surface area contributed by atoms with E-state index in [0.717, 1.165) is 28.9 Å². The van der Waals surface area contributed by atoms with E-state index in [1.54, 1.807) is 0 Å². The van der Waals surface area contributed by atoms with E-state index in [9.17, 15) is 0 Å². The minimum Gasteiger partial charge on any atom is -0.378 e. The third kappa shape index (κ3) is 2.49. The first-order chi connectivity index (χ1) is 9.15. The van der Waals surface area contributed by atoms with Crippen molar-refractivity contribution in [2.75, 3.05) is 25.5 Å². The van der Waals surface area contributed by atoms with Crippen LogP contribution in [-0.4, -0.2) is 36.1 Å². The minimum atomic E-state index is 0.575. The summed E-state index contributed by atoms with van der Waals surface area (Å²) < 4.78 is 3.13. The molecule has 0 spiro atoms. The molecule has 0 radical (unpaired) electrons. The molecule has 2 aromatic heterocycles. The van der Waals surface area contributed by atoms with Crippen molar-refractivity contribution >= 4 is 27.1 Å². The van der Waals surface area contributed by atoms with Gasteiger partial charge in [0, 0.05) is 38.4 Å². The lowest BCUT2D eigenvalue weighted by atomic mass is 10.1. The Morgan fingerprint density at radius 1 is 1.53 bits per heavy atom.